The van der Waals surface area contributed by atoms with Gasteiger partial charge in [-0.3, -0.25) is 65.9 Å². The van der Waals surface area contributed by atoms with Crippen LogP contribution in [-0.2, 0) is 31.9 Å². The van der Waals surface area contributed by atoms with Crippen molar-refractivity contribution < 1.29 is 99.9 Å². The molecule has 0 aliphatic heterocycles. The van der Waals surface area contributed by atoms with Crippen LogP contribution < -0.4 is 54.4 Å². The smallest absolute Gasteiger partial charge is 0.412 e. The average molecular weight is 2200 g/mol. The summed E-state index contributed by atoms with van der Waals surface area (Å²) in [7, 11) is 0. The summed E-state index contributed by atoms with van der Waals surface area (Å²) in [4.78, 5) is 75.2. The summed E-state index contributed by atoms with van der Waals surface area (Å²) in [6.07, 6.45) is 10.4. The lowest BCUT2D eigenvalue weighted by Crippen LogP contribution is -2.35. The number of amides is 3. The lowest BCUT2D eigenvalue weighted by molar-refractivity contribution is -0.913. The van der Waals surface area contributed by atoms with E-state index in [0.29, 0.717) is 71.5 Å². The Labute approximate surface area is 819 Å². The quantitative estimate of drug-likeness (QED) is 0.00613. The molecule has 134 heavy (non-hydrogen) atoms. The van der Waals surface area contributed by atoms with E-state index in [9.17, 15) is 57.3 Å². The molecule has 17 rings (SSSR count). The molecular formula is C95H78BrF4I2N12O15S5+3. The van der Waals surface area contributed by atoms with Crippen molar-refractivity contribution >= 4 is 211 Å². The minimum Gasteiger partial charge on any atom is -0.453 e. The van der Waals surface area contributed by atoms with E-state index in [0.717, 1.165) is 73.4 Å². The zero-order valence-corrected chi connectivity index (χ0v) is 81.5. The summed E-state index contributed by atoms with van der Waals surface area (Å²) in [5, 5.41) is 50.0. The summed E-state index contributed by atoms with van der Waals surface area (Å²) in [5.41, 5.74) is 5.35. The third-order valence-electron chi connectivity index (χ3n) is 17.5. The molecule has 0 radical (unpaired) electrons. The van der Waals surface area contributed by atoms with Crippen LogP contribution in [-0.4, -0.2) is 80.7 Å². The Morgan fingerprint density at radius 2 is 0.784 bits per heavy atom. The Bertz CT molecular complexity index is 7100. The highest BCUT2D eigenvalue weighted by Gasteiger charge is 2.25. The van der Waals surface area contributed by atoms with Crippen molar-refractivity contribution in [2.45, 2.75) is 72.5 Å². The Morgan fingerprint density at radius 1 is 0.440 bits per heavy atom. The second-order valence-electron chi connectivity index (χ2n) is 30.1. The second-order valence-corrected chi connectivity index (χ2v) is 39.4. The number of ether oxygens (including phenoxy) is 6. The second kappa shape index (κ2) is 46.2. The molecule has 27 nitrogen and oxygen atoms in total. The Morgan fingerprint density at radius 3 is 1.13 bits per heavy atom. The van der Waals surface area contributed by atoms with Crippen LogP contribution in [0.1, 0.15) is 59.6 Å². The summed E-state index contributed by atoms with van der Waals surface area (Å²) in [6, 6.07) is 65.1. The number of benzene rings is 6. The molecule has 0 aliphatic rings. The van der Waals surface area contributed by atoms with E-state index in [2.05, 4.69) is 102 Å². The minimum absolute atomic E-state index is 0.000813. The van der Waals surface area contributed by atoms with Crippen LogP contribution in [0.5, 0.6) is 46.0 Å². The highest BCUT2D eigenvalue weighted by atomic mass is 127. The number of non-ortho nitro benzene ring substituents is 1. The largest absolute Gasteiger partial charge is 0.453 e. The Balaban J connectivity index is 0.000000153. The van der Waals surface area contributed by atoms with Crippen molar-refractivity contribution in [3.05, 3.63) is 335 Å². The standard InChI is InChI=1S/C27H19FN4O3S2.C23H20FN3O4S.C18H16FIN2O3S.C13H6FIN2O3S.C9H10O.C5H5BrNO/c28-19-15-18(30-27(36)31-25(33)14-17-6-2-1-3-7-17)9-10-22(19)35-23-11-12-29-20-16-24(37-26(20)23)21-8-4-5-13-32(21)34;1-23(2,3)31-22(28)26-14-7-8-18(15(24)12-14)30-19-9-10-25-16-13-20(32-21(16)19)17-6-4-5-11-27(17)29;1-18(2,3)25-17(23)22-10-4-5-13(11(19)8-10)24-14-6-7-21-12-9-15(20)26-16(12)14;14-8-5-7(17(18)19)1-2-10(8)20-11-3-4-16-9-6-12(15)21-13(9)11;1-8(10)7-9-5-3-2-4-6-9;6-5-3-1-2-4-7(5)8/h1-13,15-16H,14H2,(H2-,29,30,31,33,34,36);4-13H,1-3H3,(H-,25,26,28,29);4-9H,1-3H3,(H,22,23);1-6H;2-6H,7H2,1H3;1-4,8H/q;;;;;+1/p+2. The summed E-state index contributed by atoms with van der Waals surface area (Å²) in [6.45, 7) is 12.1. The summed E-state index contributed by atoms with van der Waals surface area (Å²) < 4.78 is 100. The van der Waals surface area contributed by atoms with Crippen LogP contribution in [0, 0.1) is 39.2 Å². The topological polar surface area (TPSA) is 339 Å². The molecule has 0 aliphatic carbocycles. The average Bonchev–Trinajstić information content (AvgIpc) is 1.70. The predicted octanol–water partition coefficient (Wildman–Crippen LogP) is 25.0. The number of Topliss-reactive ketones (excluding diaryl/α,β-unsaturated/α-hetero) is 1. The van der Waals surface area contributed by atoms with Crippen molar-refractivity contribution in [3.63, 3.8) is 0 Å². The van der Waals surface area contributed by atoms with Gasteiger partial charge in [-0.05, 0) is 202 Å². The molecule has 684 valence electrons. The molecule has 0 spiro atoms. The van der Waals surface area contributed by atoms with Gasteiger partial charge in [-0.15, -0.1) is 45.3 Å². The maximum atomic E-state index is 14.9. The van der Waals surface area contributed by atoms with E-state index in [1.54, 1.807) is 152 Å². The van der Waals surface area contributed by atoms with Gasteiger partial charge in [0.25, 0.3) is 21.7 Å². The highest BCUT2D eigenvalue weighted by Crippen LogP contribution is 2.43. The SMILES string of the molecule is CC(=O)Cc1ccccc1.CC(C)(C)OC(=O)Nc1ccc(Oc2ccnc3cc(-c4cccc[n+]4O)sc23)c(F)c1.CC(C)(C)OC(=O)Nc1ccc(Oc2ccnc3cc(I)sc23)c(F)c1.O=C(Cc1ccccc1)NC(=S)Nc1ccc(Oc2ccnc3cc(-c4cccc[n+]4O)sc23)c(F)c1.O=[N+]([O-])c1ccc(Oc2ccnc3cc(I)sc23)c(F)c1.O[n+]1ccccc1Br. The van der Waals surface area contributed by atoms with Crippen LogP contribution in [0.15, 0.2) is 285 Å². The molecule has 7 N–H and O–H groups in total. The zero-order valence-electron chi connectivity index (χ0n) is 71.5. The third-order valence-corrected chi connectivity index (χ3v) is 24.5. The molecule has 0 atom stereocenters. The molecule has 0 unspecified atom stereocenters. The number of carbonyl (C=O) groups excluding carboxylic acids is 4. The number of hydrogen-bond acceptors (Lipinski definition) is 24. The van der Waals surface area contributed by atoms with Gasteiger partial charge in [-0.25, -0.2) is 27.2 Å². The first-order valence-corrected chi connectivity index (χ1v) is 46.5. The number of ketones is 1. The molecule has 17 aromatic rings. The minimum atomic E-state index is -0.777. The molecule has 0 saturated carbocycles. The normalized spacial score (nSPS) is 10.8. The number of nitrogens with one attached hydrogen (secondary N) is 4. The zero-order chi connectivity index (χ0) is 95.9. The van der Waals surface area contributed by atoms with Gasteiger partial charge in [0.2, 0.25) is 24.5 Å². The number of hydrogen-bond donors (Lipinski definition) is 7. The fraction of sp³-hybridized carbons (Fsp3) is 0.116. The summed E-state index contributed by atoms with van der Waals surface area (Å²) >= 11 is 18.4. The van der Waals surface area contributed by atoms with Crippen molar-refractivity contribution in [3.8, 4) is 67.1 Å². The number of pyridine rings is 7. The van der Waals surface area contributed by atoms with Gasteiger partial charge in [0.15, 0.2) is 51.4 Å². The first-order chi connectivity index (χ1) is 64.0. The molecule has 0 fully saturated rings. The van der Waals surface area contributed by atoms with Crippen molar-refractivity contribution in [2.75, 3.05) is 16.0 Å². The number of nitro benzene ring substituents is 1. The van der Waals surface area contributed by atoms with Gasteiger partial charge < -0.3 is 39.1 Å². The number of nitrogens with zero attached hydrogens (tertiary/aromatic N) is 8. The van der Waals surface area contributed by atoms with Crippen LogP contribution in [0.25, 0.3) is 62.0 Å². The van der Waals surface area contributed by atoms with Gasteiger partial charge in [0.05, 0.1) is 64.0 Å². The van der Waals surface area contributed by atoms with Crippen molar-refractivity contribution in [1.29, 1.82) is 0 Å². The van der Waals surface area contributed by atoms with Gasteiger partial charge in [-0.2, -0.15) is 0 Å². The van der Waals surface area contributed by atoms with E-state index in [1.807, 2.05) is 103 Å². The van der Waals surface area contributed by atoms with Gasteiger partial charge in [0.1, 0.15) is 49.7 Å². The van der Waals surface area contributed by atoms with Crippen LogP contribution in [0.4, 0.5) is 49.9 Å². The predicted molar refractivity (Wildman–Crippen MR) is 529 cm³/mol. The highest BCUT2D eigenvalue weighted by molar-refractivity contribution is 14.1. The maximum Gasteiger partial charge on any atom is 0.412 e. The molecule has 11 aromatic heterocycles. The summed E-state index contributed by atoms with van der Waals surface area (Å²) in [5.74, 6) is -0.781. The van der Waals surface area contributed by atoms with Gasteiger partial charge in [-0.1, -0.05) is 60.7 Å². The fourth-order valence-electron chi connectivity index (χ4n) is 11.8. The third kappa shape index (κ3) is 29.0. The van der Waals surface area contributed by atoms with E-state index in [1.165, 1.54) is 106 Å². The number of nitro groups is 1. The molecule has 0 saturated heterocycles. The van der Waals surface area contributed by atoms with E-state index in [4.69, 9.17) is 45.8 Å². The maximum absolute atomic E-state index is 14.9. The first-order valence-electron chi connectivity index (χ1n) is 39.8. The number of halogens is 7. The number of anilines is 3. The van der Waals surface area contributed by atoms with E-state index >= 15 is 0 Å². The van der Waals surface area contributed by atoms with Crippen LogP contribution in [0.3, 0.4) is 0 Å². The Hall–Kier alpha value is -13.6. The fourth-order valence-corrected chi connectivity index (χ4v) is 18.0. The van der Waals surface area contributed by atoms with Gasteiger partial charge in [0, 0.05) is 163 Å². The lowest BCUT2D eigenvalue weighted by Gasteiger charge is -2.19. The molecule has 39 heteroatoms. The molecule has 3 amide bonds. The lowest BCUT2D eigenvalue weighted by atomic mass is 10.1. The monoisotopic (exact) mass is 2200 g/mol. The number of rotatable bonds is 18. The van der Waals surface area contributed by atoms with E-state index < -0.39 is 51.6 Å². The number of thiocarbonyl (C=S) groups is 1. The van der Waals surface area contributed by atoms with Crippen molar-refractivity contribution in [2.24, 2.45) is 0 Å². The van der Waals surface area contributed by atoms with Crippen LogP contribution >= 0.6 is 119 Å². The molecule has 0 bridgehead atoms. The number of carbonyl (C=O) groups is 4. The molecular weight excluding hydrogens is 2120 g/mol. The molecule has 11 heterocycles. The Kier molecular flexibility index (Phi) is 34.3. The van der Waals surface area contributed by atoms with Crippen molar-refractivity contribution in [1.82, 2.24) is 25.3 Å². The first kappa shape index (κ1) is 99.5. The number of aromatic nitrogens is 7. The van der Waals surface area contributed by atoms with Gasteiger partial charge >= 0.3 is 12.2 Å². The van der Waals surface area contributed by atoms with E-state index in [-0.39, 0.29) is 63.3 Å². The van der Waals surface area contributed by atoms with Crippen LogP contribution in [0.2, 0.25) is 0 Å². The number of fused-ring (bicyclic) bond motifs is 4. The number of thiophene rings is 4. The molecule has 6 aromatic carbocycles.